The first kappa shape index (κ1) is 17.6. The maximum atomic E-state index is 13.0. The van der Waals surface area contributed by atoms with Gasteiger partial charge in [-0.3, -0.25) is 0 Å². The second kappa shape index (κ2) is 8.11. The van der Waals surface area contributed by atoms with Crippen molar-refractivity contribution in [2.75, 3.05) is 33.4 Å². The quantitative estimate of drug-likeness (QED) is 0.703. The van der Waals surface area contributed by atoms with Crippen molar-refractivity contribution in [1.82, 2.24) is 10.0 Å². The predicted octanol–water partition coefficient (Wildman–Crippen LogP) is 1.65. The van der Waals surface area contributed by atoms with Gasteiger partial charge in [-0.05, 0) is 12.1 Å². The number of methoxy groups -OCH3 is 1. The molecule has 1 rings (SSSR count). The molecule has 0 spiro atoms. The molecule has 5 nitrogen and oxygen atoms in total. The number of hydrogen-bond acceptors (Lipinski definition) is 4. The highest BCUT2D eigenvalue weighted by Crippen LogP contribution is 2.30. The summed E-state index contributed by atoms with van der Waals surface area (Å²) in [5, 5.41) is 2.46. The fourth-order valence-electron chi connectivity index (χ4n) is 1.43. The highest BCUT2D eigenvalue weighted by molar-refractivity contribution is 7.89. The summed E-state index contributed by atoms with van der Waals surface area (Å²) >= 11 is 11.4. The average molecular weight is 345 g/mol. The first-order chi connectivity index (χ1) is 9.38. The largest absolute Gasteiger partial charge is 0.383 e. The molecule has 1 aromatic carbocycles. The first-order valence-electron chi connectivity index (χ1n) is 5.72. The van der Waals surface area contributed by atoms with E-state index in [2.05, 4.69) is 10.0 Å². The average Bonchev–Trinajstić information content (AvgIpc) is 2.31. The normalized spacial score (nSPS) is 11.8. The zero-order valence-electron chi connectivity index (χ0n) is 10.8. The molecule has 0 heterocycles. The van der Waals surface area contributed by atoms with Crippen LogP contribution < -0.4 is 10.0 Å². The topological polar surface area (TPSA) is 67.4 Å². The minimum Gasteiger partial charge on any atom is -0.383 e. The van der Waals surface area contributed by atoms with Crippen LogP contribution in [0.4, 0.5) is 4.39 Å². The Hall–Kier alpha value is -0.440. The van der Waals surface area contributed by atoms with Gasteiger partial charge in [0.05, 0.1) is 16.7 Å². The summed E-state index contributed by atoms with van der Waals surface area (Å²) in [7, 11) is -2.31. The van der Waals surface area contributed by atoms with Gasteiger partial charge in [0.25, 0.3) is 0 Å². The van der Waals surface area contributed by atoms with Crippen LogP contribution in [-0.4, -0.2) is 41.8 Å². The summed E-state index contributed by atoms with van der Waals surface area (Å²) in [5.41, 5.74) is 0. The Labute approximate surface area is 127 Å². The second-order valence-corrected chi connectivity index (χ2v) is 6.36. The highest BCUT2D eigenvalue weighted by atomic mass is 35.5. The van der Waals surface area contributed by atoms with Crippen molar-refractivity contribution in [3.63, 3.8) is 0 Å². The predicted molar refractivity (Wildman–Crippen MR) is 76.4 cm³/mol. The molecule has 0 aliphatic heterocycles. The van der Waals surface area contributed by atoms with Crippen molar-refractivity contribution >= 4 is 33.2 Å². The molecular weight excluding hydrogens is 330 g/mol. The second-order valence-electron chi connectivity index (χ2n) is 3.84. The zero-order valence-corrected chi connectivity index (χ0v) is 13.1. The smallest absolute Gasteiger partial charge is 0.243 e. The zero-order chi connectivity index (χ0) is 15.2. The van der Waals surface area contributed by atoms with Crippen LogP contribution in [-0.2, 0) is 14.8 Å². The molecule has 0 radical (unpaired) electrons. The van der Waals surface area contributed by atoms with Gasteiger partial charge in [0.1, 0.15) is 10.7 Å². The lowest BCUT2D eigenvalue weighted by Crippen LogP contribution is -2.33. The van der Waals surface area contributed by atoms with Crippen molar-refractivity contribution in [3.05, 3.63) is 28.0 Å². The van der Waals surface area contributed by atoms with E-state index in [1.54, 1.807) is 7.11 Å². The summed E-state index contributed by atoms with van der Waals surface area (Å²) in [4.78, 5) is -0.320. The molecule has 0 aliphatic carbocycles. The molecule has 0 atom stereocenters. The fraction of sp³-hybridized carbons (Fsp3) is 0.455. The van der Waals surface area contributed by atoms with Crippen LogP contribution in [0.1, 0.15) is 0 Å². The van der Waals surface area contributed by atoms with Gasteiger partial charge in [0.2, 0.25) is 10.0 Å². The Kier molecular flexibility index (Phi) is 7.14. The molecule has 114 valence electrons. The molecule has 0 aliphatic rings. The fourth-order valence-corrected chi connectivity index (χ4v) is 3.65. The molecule has 0 unspecified atom stereocenters. The summed E-state index contributed by atoms with van der Waals surface area (Å²) in [6.45, 7) is 1.70. The highest BCUT2D eigenvalue weighted by Gasteiger charge is 2.22. The number of nitrogens with one attached hydrogen (secondary N) is 2. The molecule has 1 aromatic rings. The minimum atomic E-state index is -3.88. The van der Waals surface area contributed by atoms with Crippen LogP contribution in [0.2, 0.25) is 10.0 Å². The number of halogens is 3. The minimum absolute atomic E-state index is 0.149. The number of sulfonamides is 1. The van der Waals surface area contributed by atoms with E-state index in [1.165, 1.54) is 0 Å². The van der Waals surface area contributed by atoms with E-state index >= 15 is 0 Å². The molecule has 0 aromatic heterocycles. The van der Waals surface area contributed by atoms with Gasteiger partial charge >= 0.3 is 0 Å². The van der Waals surface area contributed by atoms with Crippen molar-refractivity contribution in [3.8, 4) is 0 Å². The third kappa shape index (κ3) is 5.16. The standard InChI is InChI=1S/C11H15Cl2FN2O3S/c1-19-5-4-15-2-3-16-20(17,18)11-9(12)6-8(14)7-10(11)13/h6-7,15-16H,2-5H2,1H3. The van der Waals surface area contributed by atoms with Gasteiger partial charge in [-0.1, -0.05) is 23.2 Å². The molecule has 2 N–H and O–H groups in total. The number of hydrogen-bond donors (Lipinski definition) is 2. The van der Waals surface area contributed by atoms with Crippen molar-refractivity contribution < 1.29 is 17.5 Å². The van der Waals surface area contributed by atoms with Gasteiger partial charge in [-0.25, -0.2) is 17.5 Å². The Bertz CT molecular complexity index is 532. The lowest BCUT2D eigenvalue weighted by Gasteiger charge is -2.10. The Balaban J connectivity index is 2.66. The van der Waals surface area contributed by atoms with E-state index < -0.39 is 15.8 Å². The summed E-state index contributed by atoms with van der Waals surface area (Å²) in [5.74, 6) is -0.694. The summed E-state index contributed by atoms with van der Waals surface area (Å²) in [6.07, 6.45) is 0. The Morgan fingerprint density at radius 1 is 1.20 bits per heavy atom. The van der Waals surface area contributed by atoms with Crippen LogP contribution in [0.25, 0.3) is 0 Å². The third-order valence-electron chi connectivity index (χ3n) is 2.31. The number of benzene rings is 1. The molecular formula is C11H15Cl2FN2O3S. The van der Waals surface area contributed by atoms with Crippen LogP contribution in [0.15, 0.2) is 17.0 Å². The van der Waals surface area contributed by atoms with Gasteiger partial charge in [0.15, 0.2) is 0 Å². The maximum Gasteiger partial charge on any atom is 0.243 e. The van der Waals surface area contributed by atoms with E-state index in [-0.39, 0.29) is 21.5 Å². The molecule has 0 bridgehead atoms. The SMILES string of the molecule is COCCNCCNS(=O)(=O)c1c(Cl)cc(F)cc1Cl. The van der Waals surface area contributed by atoms with Gasteiger partial charge in [0, 0.05) is 26.7 Å². The molecule has 0 fully saturated rings. The molecule has 0 saturated carbocycles. The maximum absolute atomic E-state index is 13.0. The van der Waals surface area contributed by atoms with E-state index in [0.29, 0.717) is 19.7 Å². The van der Waals surface area contributed by atoms with Gasteiger partial charge in [-0.2, -0.15) is 0 Å². The number of rotatable bonds is 8. The van der Waals surface area contributed by atoms with Crippen LogP contribution >= 0.6 is 23.2 Å². The van der Waals surface area contributed by atoms with Crippen molar-refractivity contribution in [2.45, 2.75) is 4.90 Å². The monoisotopic (exact) mass is 344 g/mol. The van der Waals surface area contributed by atoms with Crippen molar-refractivity contribution in [1.29, 1.82) is 0 Å². The summed E-state index contributed by atoms with van der Waals surface area (Å²) in [6, 6.07) is 1.80. The van der Waals surface area contributed by atoms with Crippen molar-refractivity contribution in [2.24, 2.45) is 0 Å². The van der Waals surface area contributed by atoms with Crippen LogP contribution in [0, 0.1) is 5.82 Å². The molecule has 20 heavy (non-hydrogen) atoms. The first-order valence-corrected chi connectivity index (χ1v) is 7.96. The van der Waals surface area contributed by atoms with E-state index in [9.17, 15) is 12.8 Å². The lowest BCUT2D eigenvalue weighted by molar-refractivity contribution is 0.199. The summed E-state index contributed by atoms with van der Waals surface area (Å²) < 4.78 is 44.2. The molecule has 9 heteroatoms. The van der Waals surface area contributed by atoms with E-state index in [0.717, 1.165) is 12.1 Å². The van der Waals surface area contributed by atoms with Gasteiger partial charge in [-0.15, -0.1) is 0 Å². The number of ether oxygens (including phenoxy) is 1. The van der Waals surface area contributed by atoms with Crippen LogP contribution in [0.5, 0.6) is 0 Å². The lowest BCUT2D eigenvalue weighted by atomic mass is 10.3. The Morgan fingerprint density at radius 2 is 1.80 bits per heavy atom. The van der Waals surface area contributed by atoms with E-state index in [1.807, 2.05) is 0 Å². The molecule has 0 saturated heterocycles. The van der Waals surface area contributed by atoms with Gasteiger partial charge < -0.3 is 10.1 Å². The van der Waals surface area contributed by atoms with E-state index in [4.69, 9.17) is 27.9 Å². The van der Waals surface area contributed by atoms with Crippen LogP contribution in [0.3, 0.4) is 0 Å². The molecule has 0 amide bonds. The Morgan fingerprint density at radius 3 is 2.35 bits per heavy atom. The third-order valence-corrected chi connectivity index (χ3v) is 4.69.